The van der Waals surface area contributed by atoms with Gasteiger partial charge in [-0.05, 0) is 22.6 Å². The first-order chi connectivity index (χ1) is 5.11. The van der Waals surface area contributed by atoms with E-state index in [1.54, 1.807) is 19.0 Å². The summed E-state index contributed by atoms with van der Waals surface area (Å²) in [4.78, 5) is 9.17. The van der Waals surface area contributed by atoms with E-state index in [0.717, 1.165) is 0 Å². The van der Waals surface area contributed by atoms with Crippen molar-refractivity contribution in [2.75, 3.05) is 19.0 Å². The molecule has 0 radical (unpaired) electrons. The summed E-state index contributed by atoms with van der Waals surface area (Å²) in [7, 11) is 3.53. The molecule has 0 aliphatic carbocycles. The molecule has 1 aromatic rings. The predicted octanol–water partition coefficient (Wildman–Crippen LogP) is 1.29. The smallest absolute Gasteiger partial charge is 0.231 e. The van der Waals surface area contributed by atoms with E-state index in [1.165, 1.54) is 6.20 Å². The Morgan fingerprint density at radius 3 is 2.64 bits per heavy atom. The van der Waals surface area contributed by atoms with Crippen molar-refractivity contribution in [3.05, 3.63) is 15.7 Å². The van der Waals surface area contributed by atoms with Gasteiger partial charge in [0.1, 0.15) is 0 Å². The summed E-state index contributed by atoms with van der Waals surface area (Å²) in [5, 5.41) is 0. The number of hydrogen-bond donors (Lipinski definition) is 0. The van der Waals surface area contributed by atoms with Crippen LogP contribution in [0.15, 0.2) is 6.20 Å². The van der Waals surface area contributed by atoms with Crippen LogP contribution in [0.3, 0.4) is 0 Å². The molecule has 0 aromatic carbocycles. The number of halogens is 2. The molecule has 0 amide bonds. The standard InChI is InChI=1S/C6H7FIN3/c1-11(2)6-9-3-4(8)5(7)10-6/h3H,1-2H3. The second-order valence-corrected chi connectivity index (χ2v) is 3.37. The van der Waals surface area contributed by atoms with Gasteiger partial charge in [-0.1, -0.05) is 0 Å². The van der Waals surface area contributed by atoms with Gasteiger partial charge in [0, 0.05) is 20.3 Å². The molecule has 3 nitrogen and oxygen atoms in total. The van der Waals surface area contributed by atoms with Crippen molar-refractivity contribution in [2.24, 2.45) is 0 Å². The summed E-state index contributed by atoms with van der Waals surface area (Å²) in [6.45, 7) is 0. The van der Waals surface area contributed by atoms with Crippen LogP contribution in [0.5, 0.6) is 0 Å². The molecule has 0 atom stereocenters. The lowest BCUT2D eigenvalue weighted by atomic mass is 10.6. The molecule has 0 bridgehead atoms. The van der Waals surface area contributed by atoms with Crippen molar-refractivity contribution in [2.45, 2.75) is 0 Å². The first-order valence-electron chi connectivity index (χ1n) is 2.96. The highest BCUT2D eigenvalue weighted by Crippen LogP contribution is 2.09. The molecule has 0 fully saturated rings. The van der Waals surface area contributed by atoms with E-state index >= 15 is 0 Å². The largest absolute Gasteiger partial charge is 0.347 e. The lowest BCUT2D eigenvalue weighted by molar-refractivity contribution is 0.571. The van der Waals surface area contributed by atoms with Gasteiger partial charge in [0.2, 0.25) is 11.9 Å². The normalized spacial score (nSPS) is 9.82. The van der Waals surface area contributed by atoms with E-state index in [1.807, 2.05) is 22.6 Å². The van der Waals surface area contributed by atoms with Gasteiger partial charge in [0.05, 0.1) is 3.57 Å². The van der Waals surface area contributed by atoms with Crippen LogP contribution in [-0.4, -0.2) is 24.1 Å². The second kappa shape index (κ2) is 3.29. The molecular weight excluding hydrogens is 260 g/mol. The van der Waals surface area contributed by atoms with Gasteiger partial charge in [-0.25, -0.2) is 4.98 Å². The number of nitrogens with zero attached hydrogens (tertiary/aromatic N) is 3. The number of rotatable bonds is 1. The van der Waals surface area contributed by atoms with Crippen LogP contribution in [0, 0.1) is 9.52 Å². The molecule has 0 unspecified atom stereocenters. The minimum absolute atomic E-state index is 0.392. The Hall–Kier alpha value is -0.460. The molecule has 0 spiro atoms. The Balaban J connectivity index is 3.05. The summed E-state index contributed by atoms with van der Waals surface area (Å²) in [6.07, 6.45) is 1.46. The number of anilines is 1. The fourth-order valence-electron chi connectivity index (χ4n) is 0.553. The maximum atomic E-state index is 12.8. The Morgan fingerprint density at radius 2 is 2.18 bits per heavy atom. The monoisotopic (exact) mass is 267 g/mol. The van der Waals surface area contributed by atoms with Gasteiger partial charge in [-0.2, -0.15) is 9.37 Å². The molecular formula is C6H7FIN3. The molecule has 0 aliphatic rings. The fourth-order valence-corrected chi connectivity index (χ4v) is 0.813. The van der Waals surface area contributed by atoms with Crippen molar-refractivity contribution < 1.29 is 4.39 Å². The molecule has 11 heavy (non-hydrogen) atoms. The van der Waals surface area contributed by atoms with E-state index in [0.29, 0.717) is 9.52 Å². The van der Waals surface area contributed by atoms with Crippen LogP contribution in [0.25, 0.3) is 0 Å². The van der Waals surface area contributed by atoms with Crippen molar-refractivity contribution in [3.63, 3.8) is 0 Å². The van der Waals surface area contributed by atoms with Crippen LogP contribution in [0.4, 0.5) is 10.3 Å². The maximum absolute atomic E-state index is 12.8. The van der Waals surface area contributed by atoms with E-state index in [4.69, 9.17) is 0 Å². The van der Waals surface area contributed by atoms with Crippen molar-refractivity contribution in [3.8, 4) is 0 Å². The molecule has 5 heteroatoms. The van der Waals surface area contributed by atoms with Crippen LogP contribution in [0.2, 0.25) is 0 Å². The highest BCUT2D eigenvalue weighted by atomic mass is 127. The molecule has 0 saturated carbocycles. The molecule has 0 saturated heterocycles. The summed E-state index contributed by atoms with van der Waals surface area (Å²) in [5.41, 5.74) is 0. The third-order valence-corrected chi connectivity index (χ3v) is 1.81. The van der Waals surface area contributed by atoms with Crippen molar-refractivity contribution in [1.29, 1.82) is 0 Å². The third kappa shape index (κ3) is 1.98. The maximum Gasteiger partial charge on any atom is 0.231 e. The van der Waals surface area contributed by atoms with E-state index in [9.17, 15) is 4.39 Å². The van der Waals surface area contributed by atoms with Gasteiger partial charge in [0.15, 0.2) is 0 Å². The predicted molar refractivity (Wildman–Crippen MR) is 49.0 cm³/mol. The summed E-state index contributed by atoms with van der Waals surface area (Å²) in [6, 6.07) is 0. The van der Waals surface area contributed by atoms with Crippen LogP contribution < -0.4 is 4.90 Å². The molecule has 1 aromatic heterocycles. The van der Waals surface area contributed by atoms with E-state index in [2.05, 4.69) is 9.97 Å². The number of aromatic nitrogens is 2. The van der Waals surface area contributed by atoms with Gasteiger partial charge in [-0.15, -0.1) is 0 Å². The van der Waals surface area contributed by atoms with E-state index < -0.39 is 5.95 Å². The SMILES string of the molecule is CN(C)c1ncc(I)c(F)n1. The quantitative estimate of drug-likeness (QED) is 0.567. The zero-order valence-corrected chi connectivity index (χ0v) is 8.33. The zero-order valence-electron chi connectivity index (χ0n) is 6.17. The lowest BCUT2D eigenvalue weighted by Crippen LogP contribution is -2.13. The number of hydrogen-bond acceptors (Lipinski definition) is 3. The Kier molecular flexibility index (Phi) is 2.58. The Labute approximate surface area is 77.8 Å². The molecule has 1 heterocycles. The highest BCUT2D eigenvalue weighted by molar-refractivity contribution is 14.1. The van der Waals surface area contributed by atoms with Crippen LogP contribution >= 0.6 is 22.6 Å². The van der Waals surface area contributed by atoms with Crippen LogP contribution in [-0.2, 0) is 0 Å². The Morgan fingerprint density at radius 1 is 1.55 bits per heavy atom. The topological polar surface area (TPSA) is 29.0 Å². The van der Waals surface area contributed by atoms with Gasteiger partial charge >= 0.3 is 0 Å². The van der Waals surface area contributed by atoms with Gasteiger partial charge < -0.3 is 4.90 Å². The lowest BCUT2D eigenvalue weighted by Gasteiger charge is -2.08. The average Bonchev–Trinajstić information content (AvgIpc) is 1.94. The first-order valence-corrected chi connectivity index (χ1v) is 4.04. The summed E-state index contributed by atoms with van der Waals surface area (Å²) < 4.78 is 13.2. The molecule has 1 rings (SSSR count). The molecule has 60 valence electrons. The minimum atomic E-state index is -0.468. The highest BCUT2D eigenvalue weighted by Gasteiger charge is 2.03. The minimum Gasteiger partial charge on any atom is -0.347 e. The molecule has 0 aliphatic heterocycles. The average molecular weight is 267 g/mol. The van der Waals surface area contributed by atoms with Crippen LogP contribution in [0.1, 0.15) is 0 Å². The van der Waals surface area contributed by atoms with Gasteiger partial charge in [-0.3, -0.25) is 0 Å². The molecule has 0 N–H and O–H groups in total. The first kappa shape index (κ1) is 8.63. The fraction of sp³-hybridized carbons (Fsp3) is 0.333. The third-order valence-electron chi connectivity index (χ3n) is 1.09. The van der Waals surface area contributed by atoms with Crippen molar-refractivity contribution >= 4 is 28.5 Å². The zero-order chi connectivity index (χ0) is 8.43. The Bertz CT molecular complexity index is 264. The summed E-state index contributed by atoms with van der Waals surface area (Å²) >= 11 is 1.85. The van der Waals surface area contributed by atoms with Crippen molar-refractivity contribution in [1.82, 2.24) is 9.97 Å². The van der Waals surface area contributed by atoms with Gasteiger partial charge in [0.25, 0.3) is 0 Å². The van der Waals surface area contributed by atoms with E-state index in [-0.39, 0.29) is 0 Å². The summed E-state index contributed by atoms with van der Waals surface area (Å²) in [5.74, 6) is -0.0767. The second-order valence-electron chi connectivity index (χ2n) is 2.20.